The van der Waals surface area contributed by atoms with E-state index in [4.69, 9.17) is 11.6 Å². The molecule has 222 valence electrons. The molecule has 1 amide bonds. The maximum atomic E-state index is 13.1. The molecule has 0 unspecified atom stereocenters. The van der Waals surface area contributed by atoms with E-state index in [0.717, 1.165) is 21.2 Å². The summed E-state index contributed by atoms with van der Waals surface area (Å²) >= 11 is 6.19. The predicted molar refractivity (Wildman–Crippen MR) is 153 cm³/mol. The van der Waals surface area contributed by atoms with Gasteiger partial charge in [0.1, 0.15) is 6.07 Å². The van der Waals surface area contributed by atoms with Gasteiger partial charge in [-0.25, -0.2) is 0 Å². The molecule has 12 heteroatoms. The van der Waals surface area contributed by atoms with E-state index in [9.17, 15) is 23.2 Å². The summed E-state index contributed by atoms with van der Waals surface area (Å²) in [6, 6.07) is 7.53. The maximum Gasteiger partial charge on any atom is 0.451 e. The maximum absolute atomic E-state index is 13.1. The summed E-state index contributed by atoms with van der Waals surface area (Å²) in [4.78, 5) is 21.1. The normalized spacial score (nSPS) is 16.2. The fourth-order valence-electron chi connectivity index (χ4n) is 4.74. The zero-order valence-electron chi connectivity index (χ0n) is 24.0. The van der Waals surface area contributed by atoms with Gasteiger partial charge >= 0.3 is 6.18 Å². The van der Waals surface area contributed by atoms with Gasteiger partial charge in [0.05, 0.1) is 23.3 Å². The van der Waals surface area contributed by atoms with Crippen LogP contribution in [0, 0.1) is 17.2 Å². The van der Waals surface area contributed by atoms with E-state index >= 15 is 0 Å². The number of carbonyl (C=O) groups excluding carboxylic acids is 1. The Morgan fingerprint density at radius 1 is 1.02 bits per heavy atom. The van der Waals surface area contributed by atoms with Crippen LogP contribution < -0.4 is 4.90 Å². The molecule has 0 radical (unpaired) electrons. The van der Waals surface area contributed by atoms with E-state index in [1.165, 1.54) is 19.3 Å². The van der Waals surface area contributed by atoms with Gasteiger partial charge in [-0.3, -0.25) is 9.78 Å². The molecule has 2 aromatic heterocycles. The zero-order valence-corrected chi connectivity index (χ0v) is 24.8. The van der Waals surface area contributed by atoms with Crippen molar-refractivity contribution in [3.63, 3.8) is 0 Å². The first-order valence-corrected chi connectivity index (χ1v) is 14.7. The number of anilines is 1. The molecule has 0 atom stereocenters. The van der Waals surface area contributed by atoms with Crippen molar-refractivity contribution in [3.05, 3.63) is 46.6 Å². The Labute approximate surface area is 244 Å². The smallest absolute Gasteiger partial charge is 0.370 e. The van der Waals surface area contributed by atoms with Crippen molar-refractivity contribution >= 4 is 34.1 Å². The van der Waals surface area contributed by atoms with Crippen LogP contribution in [0.1, 0.15) is 77.0 Å². The van der Waals surface area contributed by atoms with Crippen LogP contribution in [0.25, 0.3) is 10.9 Å². The number of hydrogen-bond donors (Lipinski definition) is 0. The van der Waals surface area contributed by atoms with Crippen LogP contribution in [0.3, 0.4) is 0 Å². The van der Waals surface area contributed by atoms with E-state index < -0.39 is 12.0 Å². The number of hydrogen-bond acceptors (Lipinski definition) is 6. The van der Waals surface area contributed by atoms with Gasteiger partial charge in [0, 0.05) is 48.7 Å². The monoisotopic (exact) mass is 591 g/mol. The lowest BCUT2D eigenvalue weighted by molar-refractivity contribution is -0.148. The van der Waals surface area contributed by atoms with Crippen molar-refractivity contribution in [1.82, 2.24) is 24.6 Å². The molecule has 1 aliphatic carbocycles. The van der Waals surface area contributed by atoms with E-state index in [1.54, 1.807) is 29.3 Å². The molecule has 1 saturated heterocycles. The minimum absolute atomic E-state index is 0.00813. The molecular formula is C29H37ClF3N7O. The summed E-state index contributed by atoms with van der Waals surface area (Å²) in [5.74, 6) is -1.23. The Morgan fingerprint density at radius 2 is 1.68 bits per heavy atom. The van der Waals surface area contributed by atoms with Crippen LogP contribution in [0.5, 0.6) is 0 Å². The Hall–Kier alpha value is -3.39. The highest BCUT2D eigenvalue weighted by Crippen LogP contribution is 2.35. The summed E-state index contributed by atoms with van der Waals surface area (Å²) in [5.41, 5.74) is 1.93. The predicted octanol–water partition coefficient (Wildman–Crippen LogP) is 6.85. The minimum Gasteiger partial charge on any atom is -0.370 e. The topological polar surface area (TPSA) is 90.9 Å². The molecule has 0 bridgehead atoms. The Morgan fingerprint density at radius 3 is 2.27 bits per heavy atom. The summed E-state index contributed by atoms with van der Waals surface area (Å²) in [6.45, 7) is 9.31. The summed E-state index contributed by atoms with van der Waals surface area (Å²) in [5, 5.41) is 17.9. The number of alkyl halides is 3. The molecule has 8 nitrogen and oxygen atoms in total. The second-order valence-corrected chi connectivity index (χ2v) is 9.90. The lowest BCUT2D eigenvalue weighted by Gasteiger charge is -2.37. The average Bonchev–Trinajstić information content (AvgIpc) is 3.82. The van der Waals surface area contributed by atoms with Crippen LogP contribution in [-0.2, 0) is 24.1 Å². The third kappa shape index (κ3) is 7.67. The molecule has 1 saturated carbocycles. The largest absolute Gasteiger partial charge is 0.451 e. The number of piperidine rings is 1. The van der Waals surface area contributed by atoms with Crippen molar-refractivity contribution in [2.75, 3.05) is 24.5 Å². The molecule has 1 aromatic carbocycles. The summed E-state index contributed by atoms with van der Waals surface area (Å²) in [7, 11) is 0. The Bertz CT molecular complexity index is 1360. The lowest BCUT2D eigenvalue weighted by atomic mass is 9.93. The highest BCUT2D eigenvalue weighted by atomic mass is 35.5. The van der Waals surface area contributed by atoms with Gasteiger partial charge in [-0.15, -0.1) is 10.2 Å². The number of halogens is 4. The summed E-state index contributed by atoms with van der Waals surface area (Å²) < 4.78 is 40.2. The lowest BCUT2D eigenvalue weighted by Crippen LogP contribution is -2.45. The molecule has 2 fully saturated rings. The van der Waals surface area contributed by atoms with Gasteiger partial charge in [-0.2, -0.15) is 18.4 Å². The average molecular weight is 592 g/mol. The van der Waals surface area contributed by atoms with Gasteiger partial charge in [-0.1, -0.05) is 58.6 Å². The molecule has 3 aliphatic rings. The fourth-order valence-corrected chi connectivity index (χ4v) is 4.91. The highest BCUT2D eigenvalue weighted by Gasteiger charge is 2.40. The Kier molecular flexibility index (Phi) is 11.4. The number of nitrogens with zero attached hydrogens (tertiary/aromatic N) is 7. The SMILES string of the molecule is C1CC1.CC.CC.N#Cc1cnc2ccc(Cl)cc2c1N1CCC(C(=O)N2CCn3c(nnc3C(F)(F)F)C2)CC1. The van der Waals surface area contributed by atoms with E-state index in [-0.39, 0.29) is 37.3 Å². The first kappa shape index (κ1) is 32.1. The third-order valence-electron chi connectivity index (χ3n) is 6.75. The van der Waals surface area contributed by atoms with Crippen LogP contribution in [0.2, 0.25) is 5.02 Å². The van der Waals surface area contributed by atoms with Crippen LogP contribution >= 0.6 is 11.6 Å². The number of fused-ring (bicyclic) bond motifs is 2. The minimum atomic E-state index is -4.58. The van der Waals surface area contributed by atoms with E-state index in [0.29, 0.717) is 36.5 Å². The van der Waals surface area contributed by atoms with Gasteiger partial charge < -0.3 is 14.4 Å². The summed E-state index contributed by atoms with van der Waals surface area (Å²) in [6.07, 6.45) is 2.59. The number of nitriles is 1. The second kappa shape index (κ2) is 14.5. The first-order chi connectivity index (χ1) is 19.8. The quantitative estimate of drug-likeness (QED) is 0.324. The van der Waals surface area contributed by atoms with E-state index in [2.05, 4.69) is 26.2 Å². The Balaban J connectivity index is 0.000000598. The number of benzene rings is 1. The standard InChI is InChI=1S/C22H19ClF3N7O.C3H6.2C2H6/c23-15-1-2-17-16(9-15)19(14(10-27)11-28-17)31-5-3-13(4-6-31)20(34)32-7-8-33-18(12-32)29-30-21(33)22(24,25)26;1-2-3-1;2*1-2/h1-2,9,11,13H,3-8,12H2;1-3H2;2*1-2H3. The second-order valence-electron chi connectivity index (χ2n) is 9.46. The molecule has 2 aliphatic heterocycles. The van der Waals surface area contributed by atoms with Crippen molar-refractivity contribution in [2.24, 2.45) is 5.92 Å². The van der Waals surface area contributed by atoms with Crippen LogP contribution in [0.4, 0.5) is 18.9 Å². The third-order valence-corrected chi connectivity index (χ3v) is 6.99. The van der Waals surface area contributed by atoms with Gasteiger partial charge in [0.15, 0.2) is 5.82 Å². The van der Waals surface area contributed by atoms with Gasteiger partial charge in [-0.05, 0) is 31.0 Å². The van der Waals surface area contributed by atoms with Crippen LogP contribution in [0.15, 0.2) is 24.4 Å². The number of carbonyl (C=O) groups is 1. The van der Waals surface area contributed by atoms with E-state index in [1.807, 2.05) is 27.7 Å². The van der Waals surface area contributed by atoms with Crippen molar-refractivity contribution in [3.8, 4) is 6.07 Å². The molecule has 6 rings (SSSR count). The van der Waals surface area contributed by atoms with Gasteiger partial charge in [0.25, 0.3) is 0 Å². The molecule has 41 heavy (non-hydrogen) atoms. The van der Waals surface area contributed by atoms with Crippen molar-refractivity contribution < 1.29 is 18.0 Å². The molecule has 4 heterocycles. The first-order valence-electron chi connectivity index (χ1n) is 14.3. The molecule has 0 N–H and O–H groups in total. The molecular weight excluding hydrogens is 555 g/mol. The number of amides is 1. The highest BCUT2D eigenvalue weighted by molar-refractivity contribution is 6.31. The van der Waals surface area contributed by atoms with Crippen LogP contribution in [-0.4, -0.2) is 50.2 Å². The number of pyridine rings is 1. The zero-order chi connectivity index (χ0) is 30.2. The van der Waals surface area contributed by atoms with Crippen molar-refractivity contribution in [1.29, 1.82) is 5.26 Å². The number of aromatic nitrogens is 4. The van der Waals surface area contributed by atoms with Gasteiger partial charge in [0.2, 0.25) is 11.7 Å². The molecule has 3 aromatic rings. The van der Waals surface area contributed by atoms with Crippen molar-refractivity contribution in [2.45, 2.75) is 79.1 Å². The number of rotatable bonds is 2. The molecule has 0 spiro atoms. The fraction of sp³-hybridized carbons (Fsp3) is 0.552.